The van der Waals surface area contributed by atoms with Crippen LogP contribution >= 0.6 is 7.82 Å². The fourth-order valence-corrected chi connectivity index (χ4v) is 7.23. The molecule has 11 nitrogen and oxygen atoms in total. The number of nitrogens with two attached hydrogens (primary N) is 1. The molecule has 36 heavy (non-hydrogen) atoms. The Balaban J connectivity index is 1.29. The van der Waals surface area contributed by atoms with Gasteiger partial charge in [-0.15, -0.1) is 0 Å². The van der Waals surface area contributed by atoms with E-state index in [1.54, 1.807) is 12.3 Å². The second-order valence-electron chi connectivity index (χ2n) is 9.83. The zero-order valence-corrected chi connectivity index (χ0v) is 20.6. The molecule has 2 aromatic heterocycles. The minimum atomic E-state index is -4.18. The third kappa shape index (κ3) is 3.95. The van der Waals surface area contributed by atoms with Gasteiger partial charge in [0.05, 0.1) is 17.6 Å². The van der Waals surface area contributed by atoms with Crippen molar-refractivity contribution in [3.05, 3.63) is 54.5 Å². The van der Waals surface area contributed by atoms with Gasteiger partial charge in [-0.3, -0.25) is 13.6 Å². The molecule has 0 bridgehead atoms. The van der Waals surface area contributed by atoms with Gasteiger partial charge in [0.2, 0.25) is 6.29 Å². The molecular formula is C24H29N4O7P. The molecule has 3 aliphatic rings. The second-order valence-corrected chi connectivity index (χ2v) is 11.4. The van der Waals surface area contributed by atoms with E-state index >= 15 is 0 Å². The van der Waals surface area contributed by atoms with Crippen molar-refractivity contribution in [3.8, 4) is 0 Å². The molecule has 8 atom stereocenters. The normalized spacial score (nSPS) is 38.8. The minimum absolute atomic E-state index is 0.0356. The van der Waals surface area contributed by atoms with Gasteiger partial charge in [0, 0.05) is 12.1 Å². The number of benzene rings is 1. The van der Waals surface area contributed by atoms with Crippen LogP contribution in [0.25, 0.3) is 11.0 Å². The van der Waals surface area contributed by atoms with Crippen molar-refractivity contribution in [1.29, 1.82) is 0 Å². The summed E-state index contributed by atoms with van der Waals surface area (Å²) in [6.45, 7) is 1.41. The van der Waals surface area contributed by atoms with E-state index in [1.165, 1.54) is 17.8 Å². The Labute approximate surface area is 207 Å². The number of anilines is 1. The molecule has 0 amide bonds. The molecule has 12 heteroatoms. The molecule has 3 aromatic rings. The van der Waals surface area contributed by atoms with Crippen LogP contribution in [0.1, 0.15) is 50.5 Å². The van der Waals surface area contributed by atoms with Crippen LogP contribution in [-0.2, 0) is 22.9 Å². The number of fused-ring (bicyclic) bond motifs is 2. The van der Waals surface area contributed by atoms with Gasteiger partial charge in [0.25, 0.3) is 0 Å². The molecule has 4 N–H and O–H groups in total. The zero-order valence-electron chi connectivity index (χ0n) is 19.7. The summed E-state index contributed by atoms with van der Waals surface area (Å²) in [5.74, 6) is 0.306. The van der Waals surface area contributed by atoms with Gasteiger partial charge in [-0.05, 0) is 31.4 Å². The summed E-state index contributed by atoms with van der Waals surface area (Å²) in [6, 6.07) is 11.3. The summed E-state index contributed by atoms with van der Waals surface area (Å²) >= 11 is 0. The number of aliphatic hydroxyl groups is 2. The molecule has 0 radical (unpaired) electrons. The van der Waals surface area contributed by atoms with Crippen molar-refractivity contribution in [2.45, 2.75) is 69.0 Å². The van der Waals surface area contributed by atoms with Crippen molar-refractivity contribution in [2.75, 3.05) is 5.73 Å². The summed E-state index contributed by atoms with van der Waals surface area (Å²) < 4.78 is 39.0. The molecule has 4 heterocycles. The van der Waals surface area contributed by atoms with Gasteiger partial charge in [-0.2, -0.15) is 0 Å². The topological polar surface area (TPSA) is 151 Å². The lowest BCUT2D eigenvalue weighted by Gasteiger charge is -2.43. The standard InChI is InChI=1S/C24H29N4O7P/c1-24(30)19(29)22(32-23(24)28-12-11-16-20(25)26-13-27-21(16)28)35-36(31)33-17-10-6-5-9-15(17)18(34-36)14-7-3-2-4-8-14/h2-4,7-8,11-13,15,17-19,22-23,29-30H,5-6,9-10H2,1H3,(H2,25,26,27)/t15?,17?,18-,19-,22?,23-,24-,36?/m1/s1. The van der Waals surface area contributed by atoms with Crippen LogP contribution in [0.4, 0.5) is 5.82 Å². The first-order chi connectivity index (χ1) is 17.3. The molecule has 4 unspecified atom stereocenters. The maximum Gasteiger partial charge on any atom is 0.478 e. The number of aliphatic hydroxyl groups excluding tert-OH is 1. The number of hydrogen-bond acceptors (Lipinski definition) is 10. The SMILES string of the molecule is C[C@@]1(O)[C@H](O)C(OP2(=O)OC3CCCCC3[C@@H](c3ccccc3)O2)O[C@H]1n1ccc2c(N)ncnc21. The van der Waals surface area contributed by atoms with Crippen LogP contribution in [-0.4, -0.2) is 48.8 Å². The highest BCUT2D eigenvalue weighted by molar-refractivity contribution is 7.48. The van der Waals surface area contributed by atoms with Crippen molar-refractivity contribution < 1.29 is 33.1 Å². The maximum absolute atomic E-state index is 13.9. The van der Waals surface area contributed by atoms with E-state index in [-0.39, 0.29) is 17.8 Å². The summed E-state index contributed by atoms with van der Waals surface area (Å²) in [5, 5.41) is 22.7. The number of phosphoric acid groups is 1. The smallest absolute Gasteiger partial charge is 0.385 e. The second kappa shape index (κ2) is 8.88. The Morgan fingerprint density at radius 3 is 2.75 bits per heavy atom. The number of rotatable bonds is 4. The highest BCUT2D eigenvalue weighted by atomic mass is 31.2. The summed E-state index contributed by atoms with van der Waals surface area (Å²) in [4.78, 5) is 8.21. The predicted molar refractivity (Wildman–Crippen MR) is 128 cm³/mol. The highest BCUT2D eigenvalue weighted by Crippen LogP contribution is 2.64. The Kier molecular flexibility index (Phi) is 5.92. The number of hydrogen-bond donors (Lipinski definition) is 3. The minimum Gasteiger partial charge on any atom is -0.385 e. The average molecular weight is 516 g/mol. The summed E-state index contributed by atoms with van der Waals surface area (Å²) in [7, 11) is -4.18. The van der Waals surface area contributed by atoms with E-state index in [9.17, 15) is 14.8 Å². The van der Waals surface area contributed by atoms with Gasteiger partial charge < -0.3 is 25.3 Å². The maximum atomic E-state index is 13.9. The average Bonchev–Trinajstić information content (AvgIpc) is 3.39. The predicted octanol–water partition coefficient (Wildman–Crippen LogP) is 3.45. The lowest BCUT2D eigenvalue weighted by Crippen LogP contribution is -2.44. The summed E-state index contributed by atoms with van der Waals surface area (Å²) in [5.41, 5.74) is 5.41. The Hall–Kier alpha value is -2.37. The molecule has 1 saturated carbocycles. The van der Waals surface area contributed by atoms with Crippen LogP contribution in [0, 0.1) is 5.92 Å². The van der Waals surface area contributed by atoms with E-state index < -0.39 is 38.1 Å². The molecule has 1 aliphatic carbocycles. The molecule has 2 saturated heterocycles. The number of aromatic nitrogens is 3. The molecule has 6 rings (SSSR count). The molecule has 192 valence electrons. The molecule has 2 aliphatic heterocycles. The number of ether oxygens (including phenoxy) is 1. The van der Waals surface area contributed by atoms with Crippen molar-refractivity contribution in [3.63, 3.8) is 0 Å². The first-order valence-corrected chi connectivity index (χ1v) is 13.6. The zero-order chi connectivity index (χ0) is 25.1. The third-order valence-corrected chi connectivity index (χ3v) is 8.90. The largest absolute Gasteiger partial charge is 0.478 e. The van der Waals surface area contributed by atoms with Gasteiger partial charge >= 0.3 is 7.82 Å². The Bertz CT molecular complexity index is 1300. The van der Waals surface area contributed by atoms with E-state index in [0.29, 0.717) is 11.0 Å². The van der Waals surface area contributed by atoms with Gasteiger partial charge in [-0.1, -0.05) is 43.2 Å². The Morgan fingerprint density at radius 1 is 1.17 bits per heavy atom. The summed E-state index contributed by atoms with van der Waals surface area (Å²) in [6.07, 6.45) is 1.57. The lowest BCUT2D eigenvalue weighted by molar-refractivity contribution is -0.159. The Morgan fingerprint density at radius 2 is 1.94 bits per heavy atom. The van der Waals surface area contributed by atoms with Gasteiger partial charge in [0.15, 0.2) is 6.23 Å². The third-order valence-electron chi connectivity index (χ3n) is 7.42. The van der Waals surface area contributed by atoms with E-state index in [4.69, 9.17) is 24.0 Å². The fourth-order valence-electron chi connectivity index (χ4n) is 5.51. The number of nitrogens with zero attached hydrogens (tertiary/aromatic N) is 3. The number of nitrogen functional groups attached to an aromatic ring is 1. The van der Waals surface area contributed by atoms with Gasteiger partial charge in [0.1, 0.15) is 29.5 Å². The molecule has 3 fully saturated rings. The first kappa shape index (κ1) is 24.0. The molecular weight excluding hydrogens is 487 g/mol. The first-order valence-electron chi connectivity index (χ1n) is 12.1. The quantitative estimate of drug-likeness (QED) is 0.440. The van der Waals surface area contributed by atoms with Crippen LogP contribution in [0.15, 0.2) is 48.9 Å². The van der Waals surface area contributed by atoms with E-state index in [2.05, 4.69) is 9.97 Å². The van der Waals surface area contributed by atoms with Crippen LogP contribution in [0.2, 0.25) is 0 Å². The van der Waals surface area contributed by atoms with Crippen LogP contribution < -0.4 is 5.73 Å². The van der Waals surface area contributed by atoms with E-state index in [0.717, 1.165) is 31.2 Å². The van der Waals surface area contributed by atoms with Crippen LogP contribution in [0.5, 0.6) is 0 Å². The fraction of sp³-hybridized carbons (Fsp3) is 0.500. The van der Waals surface area contributed by atoms with Crippen molar-refractivity contribution >= 4 is 24.7 Å². The van der Waals surface area contributed by atoms with Crippen molar-refractivity contribution in [1.82, 2.24) is 14.5 Å². The monoisotopic (exact) mass is 516 g/mol. The lowest BCUT2D eigenvalue weighted by atomic mass is 9.80. The highest BCUT2D eigenvalue weighted by Gasteiger charge is 2.58. The van der Waals surface area contributed by atoms with Crippen molar-refractivity contribution in [2.24, 2.45) is 5.92 Å². The molecule has 0 spiro atoms. The van der Waals surface area contributed by atoms with E-state index in [1.807, 2.05) is 30.3 Å². The molecule has 1 aromatic carbocycles. The number of phosphoric ester groups is 1. The van der Waals surface area contributed by atoms with Crippen LogP contribution in [0.3, 0.4) is 0 Å². The van der Waals surface area contributed by atoms with Gasteiger partial charge in [-0.25, -0.2) is 14.5 Å².